The van der Waals surface area contributed by atoms with Crippen molar-refractivity contribution in [1.82, 2.24) is 0 Å². The van der Waals surface area contributed by atoms with Crippen LogP contribution in [0.1, 0.15) is 290 Å². The SMILES string of the molecule is CC/C=C\C/C=C\C/C=C\C/C=C\C/C=C\CCCCCCCCCCCC(=O)OCC(COC(=O)CCCCCCCCC)OC(=O)CCCCCCCCCCC/C=C\CCCCCCCC. The van der Waals surface area contributed by atoms with Gasteiger partial charge < -0.3 is 14.2 Å². The zero-order valence-electron chi connectivity index (χ0n) is 45.6. The lowest BCUT2D eigenvalue weighted by Gasteiger charge is -2.18. The highest BCUT2D eigenvalue weighted by molar-refractivity contribution is 5.71. The fourth-order valence-electron chi connectivity index (χ4n) is 8.29. The summed E-state index contributed by atoms with van der Waals surface area (Å²) in [6.07, 6.45) is 73.4. The highest BCUT2D eigenvalue weighted by atomic mass is 16.6. The number of hydrogen-bond donors (Lipinski definition) is 0. The predicted octanol–water partition coefficient (Wildman–Crippen LogP) is 19.8. The summed E-state index contributed by atoms with van der Waals surface area (Å²) in [7, 11) is 0. The zero-order chi connectivity index (χ0) is 50.0. The second-order valence-corrected chi connectivity index (χ2v) is 19.5. The number of allylic oxidation sites excluding steroid dienone is 12. The average molecular weight is 964 g/mol. The van der Waals surface area contributed by atoms with Crippen LogP contribution in [0.15, 0.2) is 72.9 Å². The van der Waals surface area contributed by atoms with Crippen molar-refractivity contribution in [3.05, 3.63) is 72.9 Å². The molecular formula is C63H110O6. The molecule has 0 aliphatic heterocycles. The maximum Gasteiger partial charge on any atom is 0.306 e. The number of rotatable bonds is 53. The molecule has 6 heteroatoms. The van der Waals surface area contributed by atoms with Gasteiger partial charge in [-0.05, 0) is 89.9 Å². The van der Waals surface area contributed by atoms with E-state index in [1.807, 2.05) is 0 Å². The van der Waals surface area contributed by atoms with E-state index in [-0.39, 0.29) is 31.1 Å². The molecule has 0 rings (SSSR count). The van der Waals surface area contributed by atoms with Crippen LogP contribution in [0.25, 0.3) is 0 Å². The molecule has 0 aliphatic carbocycles. The van der Waals surface area contributed by atoms with Gasteiger partial charge in [0.05, 0.1) is 0 Å². The molecule has 69 heavy (non-hydrogen) atoms. The Labute approximate surface area is 427 Å². The second-order valence-electron chi connectivity index (χ2n) is 19.5. The Bertz CT molecular complexity index is 1290. The molecule has 1 unspecified atom stereocenters. The quantitative estimate of drug-likeness (QED) is 0.0262. The van der Waals surface area contributed by atoms with E-state index in [0.717, 1.165) is 96.3 Å². The summed E-state index contributed by atoms with van der Waals surface area (Å²) in [5.41, 5.74) is 0. The van der Waals surface area contributed by atoms with Crippen molar-refractivity contribution in [2.75, 3.05) is 13.2 Å². The van der Waals surface area contributed by atoms with E-state index in [1.54, 1.807) is 0 Å². The molecule has 0 aliphatic rings. The Morgan fingerprint density at radius 2 is 0.565 bits per heavy atom. The summed E-state index contributed by atoms with van der Waals surface area (Å²) < 4.78 is 16.8. The van der Waals surface area contributed by atoms with E-state index in [1.165, 1.54) is 154 Å². The molecular weight excluding hydrogens is 853 g/mol. The molecule has 0 amide bonds. The van der Waals surface area contributed by atoms with Gasteiger partial charge in [0.1, 0.15) is 13.2 Å². The van der Waals surface area contributed by atoms with Crippen molar-refractivity contribution in [3.8, 4) is 0 Å². The van der Waals surface area contributed by atoms with Gasteiger partial charge in [0.25, 0.3) is 0 Å². The fourth-order valence-corrected chi connectivity index (χ4v) is 8.29. The summed E-state index contributed by atoms with van der Waals surface area (Å²) in [6.45, 7) is 6.49. The molecule has 0 N–H and O–H groups in total. The topological polar surface area (TPSA) is 78.9 Å². The third kappa shape index (κ3) is 55.6. The number of esters is 3. The normalized spacial score (nSPS) is 12.6. The van der Waals surface area contributed by atoms with Gasteiger partial charge >= 0.3 is 17.9 Å². The molecule has 0 saturated heterocycles. The summed E-state index contributed by atoms with van der Waals surface area (Å²) in [5.74, 6) is -0.882. The van der Waals surface area contributed by atoms with Crippen molar-refractivity contribution in [2.24, 2.45) is 0 Å². The molecule has 0 bridgehead atoms. The standard InChI is InChI=1S/C63H110O6/c1-4-7-10-13-16-18-20-22-24-26-28-29-30-31-32-33-35-36-38-40-42-44-47-50-53-56-62(65)68-59-60(58-67-61(64)55-52-49-46-15-12-9-6-3)69-63(66)57-54-51-48-45-43-41-39-37-34-27-25-23-21-19-17-14-11-8-5-2/h7,10,16,18,22-25,28-29,31-32,60H,4-6,8-9,11-15,17,19-21,26-27,30,33-59H2,1-3H3/b10-7-,18-16-,24-22-,25-23-,29-28-,32-31-. The van der Waals surface area contributed by atoms with Crippen molar-refractivity contribution < 1.29 is 28.6 Å². The van der Waals surface area contributed by atoms with Gasteiger partial charge in [0.15, 0.2) is 6.10 Å². The van der Waals surface area contributed by atoms with Gasteiger partial charge in [-0.15, -0.1) is 0 Å². The molecule has 0 heterocycles. The van der Waals surface area contributed by atoms with E-state index in [2.05, 4.69) is 93.7 Å². The molecule has 0 aromatic rings. The minimum absolute atomic E-state index is 0.0762. The lowest BCUT2D eigenvalue weighted by atomic mass is 10.1. The number of carbonyl (C=O) groups is 3. The average Bonchev–Trinajstić information content (AvgIpc) is 3.35. The molecule has 398 valence electrons. The maximum absolute atomic E-state index is 12.8. The molecule has 1 atom stereocenters. The van der Waals surface area contributed by atoms with Crippen LogP contribution in [-0.2, 0) is 28.6 Å². The number of unbranched alkanes of at least 4 members (excludes halogenated alkanes) is 30. The lowest BCUT2D eigenvalue weighted by molar-refractivity contribution is -0.167. The van der Waals surface area contributed by atoms with Crippen LogP contribution < -0.4 is 0 Å². The highest BCUT2D eigenvalue weighted by Crippen LogP contribution is 2.16. The molecule has 0 fully saturated rings. The first-order valence-electron chi connectivity index (χ1n) is 29.4. The van der Waals surface area contributed by atoms with E-state index < -0.39 is 6.10 Å². The smallest absolute Gasteiger partial charge is 0.306 e. The first-order chi connectivity index (χ1) is 34.0. The Balaban J connectivity index is 4.18. The third-order valence-electron chi connectivity index (χ3n) is 12.7. The highest BCUT2D eigenvalue weighted by Gasteiger charge is 2.19. The maximum atomic E-state index is 12.8. The molecule has 0 saturated carbocycles. The van der Waals surface area contributed by atoms with Crippen LogP contribution in [0.4, 0.5) is 0 Å². The van der Waals surface area contributed by atoms with Crippen LogP contribution in [-0.4, -0.2) is 37.2 Å². The third-order valence-corrected chi connectivity index (χ3v) is 12.7. The lowest BCUT2D eigenvalue weighted by Crippen LogP contribution is -2.30. The first-order valence-corrected chi connectivity index (χ1v) is 29.4. The number of ether oxygens (including phenoxy) is 3. The van der Waals surface area contributed by atoms with Gasteiger partial charge in [0, 0.05) is 19.3 Å². The van der Waals surface area contributed by atoms with Crippen molar-refractivity contribution >= 4 is 17.9 Å². The van der Waals surface area contributed by atoms with Gasteiger partial charge in [0.2, 0.25) is 0 Å². The van der Waals surface area contributed by atoms with E-state index in [4.69, 9.17) is 14.2 Å². The van der Waals surface area contributed by atoms with Gasteiger partial charge in [-0.25, -0.2) is 0 Å². The molecule has 0 radical (unpaired) electrons. The van der Waals surface area contributed by atoms with E-state index in [9.17, 15) is 14.4 Å². The zero-order valence-corrected chi connectivity index (χ0v) is 45.6. The minimum Gasteiger partial charge on any atom is -0.462 e. The van der Waals surface area contributed by atoms with Crippen LogP contribution in [0.5, 0.6) is 0 Å². The van der Waals surface area contributed by atoms with Crippen LogP contribution in [0.2, 0.25) is 0 Å². The summed E-state index contributed by atoms with van der Waals surface area (Å²) in [4.78, 5) is 38.0. The van der Waals surface area contributed by atoms with Crippen molar-refractivity contribution in [1.29, 1.82) is 0 Å². The van der Waals surface area contributed by atoms with Crippen molar-refractivity contribution in [3.63, 3.8) is 0 Å². The molecule has 6 nitrogen and oxygen atoms in total. The van der Waals surface area contributed by atoms with E-state index >= 15 is 0 Å². The number of carbonyl (C=O) groups excluding carboxylic acids is 3. The largest absolute Gasteiger partial charge is 0.462 e. The Hall–Kier alpha value is -3.15. The fraction of sp³-hybridized carbons (Fsp3) is 0.762. The summed E-state index contributed by atoms with van der Waals surface area (Å²) in [6, 6.07) is 0. The minimum atomic E-state index is -0.776. The Kier molecular flexibility index (Phi) is 54.8. The number of hydrogen-bond acceptors (Lipinski definition) is 6. The van der Waals surface area contributed by atoms with E-state index in [0.29, 0.717) is 19.3 Å². The van der Waals surface area contributed by atoms with Crippen LogP contribution in [0.3, 0.4) is 0 Å². The Morgan fingerprint density at radius 1 is 0.304 bits per heavy atom. The van der Waals surface area contributed by atoms with Gasteiger partial charge in [-0.1, -0.05) is 254 Å². The molecule has 0 spiro atoms. The van der Waals surface area contributed by atoms with Gasteiger partial charge in [-0.2, -0.15) is 0 Å². The monoisotopic (exact) mass is 963 g/mol. The predicted molar refractivity (Wildman–Crippen MR) is 298 cm³/mol. The summed E-state index contributed by atoms with van der Waals surface area (Å²) >= 11 is 0. The van der Waals surface area contributed by atoms with Gasteiger partial charge in [-0.3, -0.25) is 14.4 Å². The van der Waals surface area contributed by atoms with Crippen molar-refractivity contribution in [2.45, 2.75) is 297 Å². The molecule has 0 aromatic heterocycles. The Morgan fingerprint density at radius 3 is 0.899 bits per heavy atom. The van der Waals surface area contributed by atoms with Crippen LogP contribution >= 0.6 is 0 Å². The first kappa shape index (κ1) is 65.8. The second kappa shape index (κ2) is 57.4. The molecule has 0 aromatic carbocycles. The van der Waals surface area contributed by atoms with Crippen LogP contribution in [0, 0.1) is 0 Å². The summed E-state index contributed by atoms with van der Waals surface area (Å²) in [5, 5.41) is 0.